The molecule has 0 saturated carbocycles. The summed E-state index contributed by atoms with van der Waals surface area (Å²) in [6.07, 6.45) is 2.43. The van der Waals surface area contributed by atoms with Crippen LogP contribution in [0.25, 0.3) is 0 Å². The van der Waals surface area contributed by atoms with Crippen LogP contribution in [0.2, 0.25) is 5.02 Å². The van der Waals surface area contributed by atoms with Crippen LogP contribution in [0.3, 0.4) is 0 Å². The molecule has 2 heterocycles. The summed E-state index contributed by atoms with van der Waals surface area (Å²) >= 11 is 5.75. The Kier molecular flexibility index (Phi) is 3.69. The number of hydrogen-bond acceptors (Lipinski definition) is 6. The molecule has 2 rings (SSSR count). The molecule has 0 aromatic carbocycles. The summed E-state index contributed by atoms with van der Waals surface area (Å²) in [4.78, 5) is 7.50. The molecule has 4 N–H and O–H groups in total. The highest BCUT2D eigenvalue weighted by molar-refractivity contribution is 7.89. The summed E-state index contributed by atoms with van der Waals surface area (Å²) in [5.41, 5.74) is 5.43. The number of anilines is 1. The molecule has 2 aromatic heterocycles. The third kappa shape index (κ3) is 3.00. The van der Waals surface area contributed by atoms with Gasteiger partial charge in [0.2, 0.25) is 10.0 Å². The lowest BCUT2D eigenvalue weighted by Crippen LogP contribution is -2.27. The number of nitrogen functional groups attached to an aromatic ring is 1. The highest BCUT2D eigenvalue weighted by Crippen LogP contribution is 2.20. The normalized spacial score (nSPS) is 13.4. The lowest BCUT2D eigenvalue weighted by Gasteiger charge is -2.11. The largest absolute Gasteiger partial charge is 0.382 e. The van der Waals surface area contributed by atoms with Crippen molar-refractivity contribution in [1.29, 1.82) is 0 Å². The van der Waals surface area contributed by atoms with E-state index in [2.05, 4.69) is 24.9 Å². The second-order valence-corrected chi connectivity index (χ2v) is 5.87. The molecule has 0 radical (unpaired) electrons. The Labute approximate surface area is 114 Å². The summed E-state index contributed by atoms with van der Waals surface area (Å²) < 4.78 is 26.6. The van der Waals surface area contributed by atoms with Crippen LogP contribution in [-0.2, 0) is 10.0 Å². The Balaban J connectivity index is 2.25. The van der Waals surface area contributed by atoms with Gasteiger partial charge in [0.05, 0.1) is 11.1 Å². The van der Waals surface area contributed by atoms with Crippen molar-refractivity contribution in [2.24, 2.45) is 0 Å². The number of aromatic amines is 1. The quantitative estimate of drug-likeness (QED) is 0.753. The van der Waals surface area contributed by atoms with Crippen LogP contribution in [0.15, 0.2) is 23.5 Å². The predicted octanol–water partition coefficient (Wildman–Crippen LogP) is 0.475. The molecule has 0 amide bonds. The Morgan fingerprint density at radius 3 is 2.79 bits per heavy atom. The molecular weight excluding hydrogens is 292 g/mol. The number of halogens is 1. The summed E-state index contributed by atoms with van der Waals surface area (Å²) in [5.74, 6) is 0.474. The molecule has 19 heavy (non-hydrogen) atoms. The van der Waals surface area contributed by atoms with Gasteiger partial charge in [0.1, 0.15) is 22.9 Å². The maximum atomic E-state index is 12.1. The van der Waals surface area contributed by atoms with Gasteiger partial charge in [0, 0.05) is 6.20 Å². The van der Waals surface area contributed by atoms with E-state index < -0.39 is 16.1 Å². The third-order valence-electron chi connectivity index (χ3n) is 2.33. The number of hydrogen-bond donors (Lipinski definition) is 3. The number of nitrogens with two attached hydrogens (primary N) is 1. The summed E-state index contributed by atoms with van der Waals surface area (Å²) in [5, 5.41) is 6.31. The Morgan fingerprint density at radius 2 is 2.21 bits per heavy atom. The van der Waals surface area contributed by atoms with E-state index in [9.17, 15) is 8.42 Å². The Hall–Kier alpha value is -1.71. The molecule has 10 heteroatoms. The number of rotatable bonds is 4. The smallest absolute Gasteiger partial charge is 0.242 e. The van der Waals surface area contributed by atoms with Gasteiger partial charge in [0.15, 0.2) is 0 Å². The summed E-state index contributed by atoms with van der Waals surface area (Å²) in [6.45, 7) is 1.63. The zero-order valence-corrected chi connectivity index (χ0v) is 11.4. The molecule has 1 unspecified atom stereocenters. The topological polar surface area (TPSA) is 127 Å². The van der Waals surface area contributed by atoms with Crippen molar-refractivity contribution < 1.29 is 8.42 Å². The highest BCUT2D eigenvalue weighted by atomic mass is 35.5. The van der Waals surface area contributed by atoms with Crippen LogP contribution in [0.5, 0.6) is 0 Å². The molecule has 0 saturated heterocycles. The molecule has 0 bridgehead atoms. The van der Waals surface area contributed by atoms with Gasteiger partial charge in [-0.2, -0.15) is 5.10 Å². The first-order chi connectivity index (χ1) is 8.90. The van der Waals surface area contributed by atoms with Gasteiger partial charge in [0.25, 0.3) is 0 Å². The SMILES string of the molecule is CC(NS(=O)(=O)c1cnc(N)c(Cl)c1)c1ncn[nH]1. The maximum absolute atomic E-state index is 12.1. The lowest BCUT2D eigenvalue weighted by atomic mass is 10.3. The van der Waals surface area contributed by atoms with Crippen LogP contribution >= 0.6 is 11.6 Å². The van der Waals surface area contributed by atoms with Gasteiger partial charge in [-0.05, 0) is 13.0 Å². The van der Waals surface area contributed by atoms with E-state index >= 15 is 0 Å². The standard InChI is InChI=1S/C9H11ClN6O2S/c1-5(9-13-4-14-15-9)16-19(17,18)6-2-7(10)8(11)12-3-6/h2-5,16H,1H3,(H2,11,12)(H,13,14,15). The van der Waals surface area contributed by atoms with Crippen molar-refractivity contribution in [2.45, 2.75) is 17.9 Å². The van der Waals surface area contributed by atoms with Gasteiger partial charge < -0.3 is 5.73 Å². The zero-order valence-electron chi connectivity index (χ0n) is 9.83. The summed E-state index contributed by atoms with van der Waals surface area (Å²) in [6, 6.07) is 0.670. The molecule has 2 aromatic rings. The van der Waals surface area contributed by atoms with Gasteiger partial charge in [-0.3, -0.25) is 5.10 Å². The second-order valence-electron chi connectivity index (χ2n) is 3.75. The van der Waals surface area contributed by atoms with E-state index in [0.29, 0.717) is 5.82 Å². The Bertz CT molecular complexity index is 672. The minimum absolute atomic E-state index is 0.0712. The highest BCUT2D eigenvalue weighted by Gasteiger charge is 2.21. The van der Waals surface area contributed by atoms with Gasteiger partial charge in [-0.1, -0.05) is 11.6 Å². The third-order valence-corrected chi connectivity index (χ3v) is 4.14. The van der Waals surface area contributed by atoms with Crippen LogP contribution in [0, 0.1) is 0 Å². The second kappa shape index (κ2) is 5.11. The fourth-order valence-electron chi connectivity index (χ4n) is 1.36. The van der Waals surface area contributed by atoms with E-state index in [1.807, 2.05) is 0 Å². The van der Waals surface area contributed by atoms with Crippen molar-refractivity contribution in [3.63, 3.8) is 0 Å². The molecular formula is C9H11ClN6O2S. The van der Waals surface area contributed by atoms with E-state index in [4.69, 9.17) is 17.3 Å². The Morgan fingerprint density at radius 1 is 1.47 bits per heavy atom. The van der Waals surface area contributed by atoms with E-state index in [0.717, 1.165) is 6.20 Å². The van der Waals surface area contributed by atoms with Crippen molar-refractivity contribution >= 4 is 27.4 Å². The van der Waals surface area contributed by atoms with Crippen LogP contribution < -0.4 is 10.5 Å². The average molecular weight is 303 g/mol. The first kappa shape index (κ1) is 13.7. The van der Waals surface area contributed by atoms with Crippen molar-refractivity contribution in [3.05, 3.63) is 29.4 Å². The van der Waals surface area contributed by atoms with Crippen molar-refractivity contribution in [3.8, 4) is 0 Å². The maximum Gasteiger partial charge on any atom is 0.242 e. The van der Waals surface area contributed by atoms with E-state index in [1.54, 1.807) is 6.92 Å². The van der Waals surface area contributed by atoms with Gasteiger partial charge in [-0.25, -0.2) is 23.1 Å². The minimum atomic E-state index is -3.77. The number of pyridine rings is 1. The number of nitrogens with one attached hydrogen (secondary N) is 2. The van der Waals surface area contributed by atoms with E-state index in [-0.39, 0.29) is 15.7 Å². The molecule has 0 aliphatic carbocycles. The van der Waals surface area contributed by atoms with Crippen LogP contribution in [0.1, 0.15) is 18.8 Å². The lowest BCUT2D eigenvalue weighted by molar-refractivity contribution is 0.560. The fourth-order valence-corrected chi connectivity index (χ4v) is 2.77. The molecule has 8 nitrogen and oxygen atoms in total. The fraction of sp³-hybridized carbons (Fsp3) is 0.222. The molecule has 0 aliphatic heterocycles. The number of H-pyrrole nitrogens is 1. The molecule has 102 valence electrons. The van der Waals surface area contributed by atoms with Gasteiger partial charge >= 0.3 is 0 Å². The van der Waals surface area contributed by atoms with Gasteiger partial charge in [-0.15, -0.1) is 0 Å². The summed E-state index contributed by atoms with van der Waals surface area (Å²) in [7, 11) is -3.77. The molecule has 0 fully saturated rings. The van der Waals surface area contributed by atoms with E-state index in [1.165, 1.54) is 12.4 Å². The number of aromatic nitrogens is 4. The first-order valence-electron chi connectivity index (χ1n) is 5.19. The molecule has 0 spiro atoms. The van der Waals surface area contributed by atoms with Crippen LogP contribution in [0.4, 0.5) is 5.82 Å². The molecule has 1 atom stereocenters. The van der Waals surface area contributed by atoms with Crippen molar-refractivity contribution in [2.75, 3.05) is 5.73 Å². The van der Waals surface area contributed by atoms with Crippen molar-refractivity contribution in [1.82, 2.24) is 24.9 Å². The zero-order chi connectivity index (χ0) is 14.0. The molecule has 0 aliphatic rings. The predicted molar refractivity (Wildman–Crippen MR) is 68.8 cm³/mol. The number of sulfonamides is 1. The monoisotopic (exact) mass is 302 g/mol. The first-order valence-corrected chi connectivity index (χ1v) is 7.05. The number of nitrogens with zero attached hydrogens (tertiary/aromatic N) is 3. The van der Waals surface area contributed by atoms with Crippen LogP contribution in [-0.4, -0.2) is 28.6 Å². The average Bonchev–Trinajstić information content (AvgIpc) is 2.85. The minimum Gasteiger partial charge on any atom is -0.382 e.